The van der Waals surface area contributed by atoms with Gasteiger partial charge in [0.25, 0.3) is 0 Å². The molecule has 1 radical (unpaired) electrons. The molecule has 0 unspecified atom stereocenters. The molecule has 4 nitrogen and oxygen atoms in total. The summed E-state index contributed by atoms with van der Waals surface area (Å²) in [4.78, 5) is 19.6. The van der Waals surface area contributed by atoms with E-state index in [1.807, 2.05) is 0 Å². The van der Waals surface area contributed by atoms with E-state index in [0.717, 1.165) is 0 Å². The van der Waals surface area contributed by atoms with Gasteiger partial charge in [0.05, 0.1) is 0 Å². The van der Waals surface area contributed by atoms with Gasteiger partial charge in [0.1, 0.15) is 0 Å². The predicted octanol–water partition coefficient (Wildman–Crippen LogP) is -2.44. The standard InChI is InChI=1S/C5H8O4S.Ag/c6-4(7)1-3(10)2-5(8)9;/h3,10H,1-2H2,(H,6,7)(H,8,9);/q;+2/p-2. The third kappa shape index (κ3) is 10.0. The molecule has 0 heterocycles. The van der Waals surface area contributed by atoms with Crippen LogP contribution in [-0.4, -0.2) is 17.2 Å². The van der Waals surface area contributed by atoms with E-state index in [-0.39, 0.29) is 35.2 Å². The predicted molar refractivity (Wildman–Crippen MR) is 32.0 cm³/mol. The zero-order valence-electron chi connectivity index (χ0n) is 5.37. The van der Waals surface area contributed by atoms with Crippen molar-refractivity contribution in [1.82, 2.24) is 0 Å². The van der Waals surface area contributed by atoms with Gasteiger partial charge in [-0.1, -0.05) is 0 Å². The van der Waals surface area contributed by atoms with Crippen molar-refractivity contribution in [2.45, 2.75) is 18.1 Å². The van der Waals surface area contributed by atoms with E-state index in [9.17, 15) is 19.8 Å². The van der Waals surface area contributed by atoms with E-state index < -0.39 is 17.2 Å². The minimum absolute atomic E-state index is 0. The molecule has 0 aromatic rings. The summed E-state index contributed by atoms with van der Waals surface area (Å²) in [7, 11) is 0. The van der Waals surface area contributed by atoms with Crippen LogP contribution in [0.4, 0.5) is 0 Å². The van der Waals surface area contributed by atoms with Crippen LogP contribution >= 0.6 is 12.6 Å². The van der Waals surface area contributed by atoms with Crippen molar-refractivity contribution >= 4 is 24.6 Å². The van der Waals surface area contributed by atoms with Gasteiger partial charge >= 0.3 is 22.4 Å². The van der Waals surface area contributed by atoms with Gasteiger partial charge in [0.15, 0.2) is 0 Å². The van der Waals surface area contributed by atoms with E-state index in [2.05, 4.69) is 12.6 Å². The van der Waals surface area contributed by atoms with E-state index in [4.69, 9.17) is 0 Å². The molecular weight excluding hydrogens is 264 g/mol. The maximum absolute atomic E-state index is 9.82. The van der Waals surface area contributed by atoms with Crippen LogP contribution in [0.15, 0.2) is 0 Å². The summed E-state index contributed by atoms with van der Waals surface area (Å²) in [6.45, 7) is 0. The second-order valence-corrected chi connectivity index (χ2v) is 2.54. The molecule has 0 aliphatic rings. The summed E-state index contributed by atoms with van der Waals surface area (Å²) in [5, 5.41) is 18.9. The fraction of sp³-hybridized carbons (Fsp3) is 0.600. The minimum Gasteiger partial charge on any atom is -0.550 e. The van der Waals surface area contributed by atoms with Gasteiger partial charge in [-0.3, -0.25) is 0 Å². The maximum atomic E-state index is 9.82. The number of hydrogen-bond donors (Lipinski definition) is 1. The number of carboxylic acids is 2. The van der Waals surface area contributed by atoms with Crippen molar-refractivity contribution in [3.63, 3.8) is 0 Å². The van der Waals surface area contributed by atoms with Crippen LogP contribution < -0.4 is 10.2 Å². The first-order valence-electron chi connectivity index (χ1n) is 2.60. The number of hydrogen-bond acceptors (Lipinski definition) is 5. The topological polar surface area (TPSA) is 80.3 Å². The van der Waals surface area contributed by atoms with Gasteiger partial charge in [0, 0.05) is 17.2 Å². The molecule has 0 aromatic carbocycles. The number of carbonyl (C=O) groups is 2. The van der Waals surface area contributed by atoms with Crippen LogP contribution in [0.1, 0.15) is 12.8 Å². The third-order valence-electron chi connectivity index (χ3n) is 0.805. The van der Waals surface area contributed by atoms with Crippen molar-refractivity contribution in [1.29, 1.82) is 0 Å². The van der Waals surface area contributed by atoms with Crippen LogP contribution in [0.3, 0.4) is 0 Å². The summed E-state index contributed by atoms with van der Waals surface area (Å²) in [5.41, 5.74) is 0. The fourth-order valence-electron chi connectivity index (χ4n) is 0.457. The van der Waals surface area contributed by atoms with Crippen molar-refractivity contribution in [2.24, 2.45) is 0 Å². The van der Waals surface area contributed by atoms with E-state index in [1.165, 1.54) is 0 Å². The number of carbonyl (C=O) groups excluding carboxylic acids is 2. The zero-order valence-corrected chi connectivity index (χ0v) is 7.75. The second kappa shape index (κ2) is 6.72. The van der Waals surface area contributed by atoms with Gasteiger partial charge < -0.3 is 19.8 Å². The van der Waals surface area contributed by atoms with Gasteiger partial charge in [-0.05, 0) is 12.8 Å². The molecule has 0 atom stereocenters. The average Bonchev–Trinajstić information content (AvgIpc) is 1.58. The molecule has 0 bridgehead atoms. The smallest absolute Gasteiger partial charge is 0.550 e. The van der Waals surface area contributed by atoms with Gasteiger partial charge in [-0.2, -0.15) is 12.6 Å². The molecule has 0 saturated carbocycles. The molecule has 11 heavy (non-hydrogen) atoms. The van der Waals surface area contributed by atoms with Gasteiger partial charge in [-0.25, -0.2) is 0 Å². The Balaban J connectivity index is 0. The largest absolute Gasteiger partial charge is 2.00 e. The zero-order chi connectivity index (χ0) is 8.15. The Hall–Kier alpha value is 0.0303. The average molecular weight is 270 g/mol. The van der Waals surface area contributed by atoms with Crippen LogP contribution in [0.2, 0.25) is 0 Å². The molecule has 0 aliphatic heterocycles. The van der Waals surface area contributed by atoms with Crippen LogP contribution in [0.25, 0.3) is 0 Å². The molecule has 0 spiro atoms. The number of aliphatic carboxylic acids is 2. The summed E-state index contributed by atoms with van der Waals surface area (Å²) < 4.78 is 0. The second-order valence-electron chi connectivity index (χ2n) is 1.81. The first-order valence-corrected chi connectivity index (χ1v) is 3.11. The molecule has 0 fully saturated rings. The molecule has 0 amide bonds. The van der Waals surface area contributed by atoms with Crippen molar-refractivity contribution < 1.29 is 42.2 Å². The number of thiol groups is 1. The van der Waals surface area contributed by atoms with Gasteiger partial charge in [-0.15, -0.1) is 0 Å². The summed E-state index contributed by atoms with van der Waals surface area (Å²) in [5.74, 6) is -2.61. The monoisotopic (exact) mass is 269 g/mol. The molecule has 6 heteroatoms. The van der Waals surface area contributed by atoms with Crippen molar-refractivity contribution in [3.05, 3.63) is 0 Å². The summed E-state index contributed by atoms with van der Waals surface area (Å²) in [6, 6.07) is 0. The number of rotatable bonds is 4. The van der Waals surface area contributed by atoms with Crippen LogP contribution in [0.5, 0.6) is 0 Å². The third-order valence-corrected chi connectivity index (χ3v) is 1.17. The van der Waals surface area contributed by atoms with E-state index in [0.29, 0.717) is 0 Å². The first kappa shape index (κ1) is 13.6. The molecule has 0 N–H and O–H groups in total. The van der Waals surface area contributed by atoms with Crippen molar-refractivity contribution in [2.75, 3.05) is 0 Å². The minimum atomic E-state index is -1.30. The fourth-order valence-corrected chi connectivity index (χ4v) is 0.755. The Morgan fingerprint density at radius 2 is 1.45 bits per heavy atom. The molecule has 67 valence electrons. The Bertz CT molecular complexity index is 133. The summed E-state index contributed by atoms with van der Waals surface area (Å²) in [6.07, 6.45) is -0.728. The normalized spacial score (nSPS) is 8.91. The molecule has 0 rings (SSSR count). The molecule has 0 aromatic heterocycles. The number of carboxylic acid groups (broad SMARTS) is 2. The Morgan fingerprint density at radius 3 is 1.64 bits per heavy atom. The Morgan fingerprint density at radius 1 is 1.18 bits per heavy atom. The quantitative estimate of drug-likeness (QED) is 0.454. The van der Waals surface area contributed by atoms with E-state index in [1.54, 1.807) is 0 Å². The molecule has 0 saturated heterocycles. The van der Waals surface area contributed by atoms with E-state index >= 15 is 0 Å². The van der Waals surface area contributed by atoms with Crippen LogP contribution in [0, 0.1) is 0 Å². The first-order chi connectivity index (χ1) is 4.52. The molecular formula is C5H6AgO4S. The SMILES string of the molecule is O=C([O-])CC(S)CC(=O)[O-].[Ag+2]. The van der Waals surface area contributed by atoms with Crippen LogP contribution in [-0.2, 0) is 32.0 Å². The Labute approximate surface area is 84.9 Å². The van der Waals surface area contributed by atoms with Gasteiger partial charge in [0.2, 0.25) is 0 Å². The molecule has 0 aliphatic carbocycles. The maximum Gasteiger partial charge on any atom is 2.00 e. The summed E-state index contributed by atoms with van der Waals surface area (Å²) >= 11 is 3.67. The van der Waals surface area contributed by atoms with Crippen molar-refractivity contribution in [3.8, 4) is 0 Å². The Kier molecular flexibility index (Phi) is 8.32.